The molecule has 7 heteroatoms. The average Bonchev–Trinajstić information content (AvgIpc) is 2.71. The number of carbonyl (C=O) groups is 3. The van der Waals surface area contributed by atoms with Crippen LogP contribution in [0, 0.1) is 5.41 Å². The first-order valence-corrected chi connectivity index (χ1v) is 8.13. The SMILES string of the molecule is C=C(C)C(=O)OC(C)/C(C(=O)OCC)=C(\C)C1(C)NOC(=O)C1(C)C. The molecule has 1 aliphatic heterocycles. The van der Waals surface area contributed by atoms with Crippen molar-refractivity contribution in [3.8, 4) is 0 Å². The second-order valence-corrected chi connectivity index (χ2v) is 6.83. The Bertz CT molecular complexity index is 633. The summed E-state index contributed by atoms with van der Waals surface area (Å²) in [5.74, 6) is -1.66. The van der Waals surface area contributed by atoms with Crippen LogP contribution in [0.2, 0.25) is 0 Å². The average molecular weight is 353 g/mol. The predicted molar refractivity (Wildman–Crippen MR) is 91.1 cm³/mol. The van der Waals surface area contributed by atoms with Gasteiger partial charge in [-0.15, -0.1) is 5.48 Å². The van der Waals surface area contributed by atoms with E-state index in [1.807, 2.05) is 0 Å². The fourth-order valence-corrected chi connectivity index (χ4v) is 2.58. The van der Waals surface area contributed by atoms with E-state index in [1.165, 1.54) is 6.92 Å². The van der Waals surface area contributed by atoms with E-state index in [0.29, 0.717) is 5.57 Å². The fourth-order valence-electron chi connectivity index (χ4n) is 2.58. The van der Waals surface area contributed by atoms with Gasteiger partial charge in [-0.1, -0.05) is 6.58 Å². The van der Waals surface area contributed by atoms with Crippen LogP contribution in [-0.4, -0.2) is 36.2 Å². The molecule has 1 N–H and O–H groups in total. The number of carbonyl (C=O) groups excluding carboxylic acids is 3. The first kappa shape index (κ1) is 20.9. The van der Waals surface area contributed by atoms with Gasteiger partial charge in [-0.3, -0.25) is 0 Å². The van der Waals surface area contributed by atoms with E-state index in [2.05, 4.69) is 12.1 Å². The van der Waals surface area contributed by atoms with Crippen LogP contribution in [0.4, 0.5) is 0 Å². The molecular weight excluding hydrogens is 326 g/mol. The van der Waals surface area contributed by atoms with Gasteiger partial charge in [0.05, 0.1) is 23.1 Å². The number of nitrogens with one attached hydrogen (secondary N) is 1. The summed E-state index contributed by atoms with van der Waals surface area (Å²) in [6.07, 6.45) is -0.881. The van der Waals surface area contributed by atoms with Crippen LogP contribution in [0.1, 0.15) is 48.5 Å². The van der Waals surface area contributed by atoms with Gasteiger partial charge in [0.25, 0.3) is 0 Å². The second kappa shape index (κ2) is 7.39. The normalized spacial score (nSPS) is 24.0. The molecule has 2 atom stereocenters. The molecule has 0 aliphatic carbocycles. The highest BCUT2D eigenvalue weighted by Crippen LogP contribution is 2.43. The lowest BCUT2D eigenvalue weighted by Crippen LogP contribution is -2.50. The Morgan fingerprint density at radius 1 is 1.24 bits per heavy atom. The van der Waals surface area contributed by atoms with Crippen molar-refractivity contribution in [2.24, 2.45) is 5.41 Å². The molecule has 25 heavy (non-hydrogen) atoms. The van der Waals surface area contributed by atoms with Crippen molar-refractivity contribution in [2.45, 2.75) is 60.1 Å². The van der Waals surface area contributed by atoms with Crippen LogP contribution in [0.5, 0.6) is 0 Å². The van der Waals surface area contributed by atoms with Gasteiger partial charge >= 0.3 is 17.9 Å². The third-order valence-corrected chi connectivity index (χ3v) is 4.80. The Morgan fingerprint density at radius 2 is 1.80 bits per heavy atom. The van der Waals surface area contributed by atoms with Gasteiger partial charge < -0.3 is 14.3 Å². The highest BCUT2D eigenvalue weighted by molar-refractivity contribution is 5.93. The van der Waals surface area contributed by atoms with E-state index in [-0.39, 0.29) is 17.8 Å². The lowest BCUT2D eigenvalue weighted by Gasteiger charge is -2.35. The fraction of sp³-hybridized carbons (Fsp3) is 0.611. The zero-order chi connectivity index (χ0) is 19.6. The number of hydroxylamine groups is 1. The van der Waals surface area contributed by atoms with Crippen LogP contribution in [-0.2, 0) is 28.7 Å². The minimum absolute atomic E-state index is 0.165. The van der Waals surface area contributed by atoms with Crippen molar-refractivity contribution >= 4 is 17.9 Å². The van der Waals surface area contributed by atoms with Crippen molar-refractivity contribution in [2.75, 3.05) is 6.61 Å². The van der Waals surface area contributed by atoms with E-state index in [0.717, 1.165) is 0 Å². The topological polar surface area (TPSA) is 90.9 Å². The van der Waals surface area contributed by atoms with Crippen molar-refractivity contribution in [1.82, 2.24) is 5.48 Å². The first-order chi connectivity index (χ1) is 11.4. The van der Waals surface area contributed by atoms with E-state index >= 15 is 0 Å². The summed E-state index contributed by atoms with van der Waals surface area (Å²) >= 11 is 0. The molecule has 0 spiro atoms. The summed E-state index contributed by atoms with van der Waals surface area (Å²) in [6, 6.07) is 0. The smallest absolute Gasteiger partial charge is 0.337 e. The van der Waals surface area contributed by atoms with Crippen LogP contribution < -0.4 is 5.48 Å². The number of esters is 2. The first-order valence-electron chi connectivity index (χ1n) is 8.13. The molecule has 0 saturated carbocycles. The third-order valence-electron chi connectivity index (χ3n) is 4.80. The molecule has 1 rings (SSSR count). The zero-order valence-corrected chi connectivity index (χ0v) is 15.9. The number of rotatable bonds is 6. The Labute approximate surface area is 148 Å². The van der Waals surface area contributed by atoms with E-state index in [9.17, 15) is 14.4 Å². The summed E-state index contributed by atoms with van der Waals surface area (Å²) in [7, 11) is 0. The number of ether oxygens (including phenoxy) is 2. The monoisotopic (exact) mass is 353 g/mol. The molecule has 0 radical (unpaired) electrons. The second-order valence-electron chi connectivity index (χ2n) is 6.83. The summed E-state index contributed by atoms with van der Waals surface area (Å²) in [5, 5.41) is 0. The van der Waals surface area contributed by atoms with Crippen molar-refractivity contribution in [1.29, 1.82) is 0 Å². The molecule has 7 nitrogen and oxygen atoms in total. The zero-order valence-electron chi connectivity index (χ0n) is 15.9. The molecule has 1 fully saturated rings. The van der Waals surface area contributed by atoms with Crippen LogP contribution >= 0.6 is 0 Å². The van der Waals surface area contributed by atoms with Crippen LogP contribution in [0.15, 0.2) is 23.3 Å². The summed E-state index contributed by atoms with van der Waals surface area (Å²) in [4.78, 5) is 41.4. The molecule has 1 heterocycles. The Balaban J connectivity index is 3.41. The molecule has 0 aromatic carbocycles. The van der Waals surface area contributed by atoms with Crippen molar-refractivity contribution in [3.05, 3.63) is 23.3 Å². The van der Waals surface area contributed by atoms with E-state index in [1.54, 1.807) is 41.5 Å². The summed E-state index contributed by atoms with van der Waals surface area (Å²) < 4.78 is 10.4. The molecule has 0 amide bonds. The van der Waals surface area contributed by atoms with Gasteiger partial charge in [0, 0.05) is 5.57 Å². The highest BCUT2D eigenvalue weighted by Gasteiger charge is 2.56. The Hall–Kier alpha value is -2.15. The lowest BCUT2D eigenvalue weighted by molar-refractivity contribution is -0.149. The standard InChI is InChI=1S/C18H27NO6/c1-9-23-15(21)13(12(5)24-14(20)10(2)3)11(4)18(8)17(6,7)16(22)25-19-18/h12,19H,2,9H2,1,3-8H3/b13-11-. The third kappa shape index (κ3) is 3.76. The predicted octanol–water partition coefficient (Wildman–Crippen LogP) is 2.22. The molecule has 140 valence electrons. The van der Waals surface area contributed by atoms with Crippen LogP contribution in [0.25, 0.3) is 0 Å². The summed E-state index contributed by atoms with van der Waals surface area (Å²) in [5.41, 5.74) is 1.68. The quantitative estimate of drug-likeness (QED) is 0.445. The maximum absolute atomic E-state index is 12.5. The van der Waals surface area contributed by atoms with Gasteiger partial charge in [-0.25, -0.2) is 14.4 Å². The highest BCUT2D eigenvalue weighted by atomic mass is 16.7. The number of hydrogen-bond acceptors (Lipinski definition) is 7. The van der Waals surface area contributed by atoms with E-state index < -0.39 is 35.0 Å². The molecule has 1 saturated heterocycles. The molecule has 0 aromatic rings. The Kier molecular flexibility index (Phi) is 6.18. The summed E-state index contributed by atoms with van der Waals surface area (Å²) in [6.45, 7) is 15.3. The molecule has 0 aromatic heterocycles. The van der Waals surface area contributed by atoms with Crippen molar-refractivity contribution in [3.63, 3.8) is 0 Å². The van der Waals surface area contributed by atoms with Gasteiger partial charge in [0.2, 0.25) is 0 Å². The van der Waals surface area contributed by atoms with Crippen molar-refractivity contribution < 1.29 is 28.7 Å². The maximum atomic E-state index is 12.5. The van der Waals surface area contributed by atoms with E-state index in [4.69, 9.17) is 14.3 Å². The molecule has 2 unspecified atom stereocenters. The molecule has 0 bridgehead atoms. The largest absolute Gasteiger partial charge is 0.463 e. The lowest BCUT2D eigenvalue weighted by atomic mass is 9.69. The maximum Gasteiger partial charge on any atom is 0.337 e. The molecule has 1 aliphatic rings. The number of hydrogen-bond donors (Lipinski definition) is 1. The minimum atomic E-state index is -0.976. The Morgan fingerprint density at radius 3 is 2.20 bits per heavy atom. The van der Waals surface area contributed by atoms with Gasteiger partial charge in [0.1, 0.15) is 6.10 Å². The van der Waals surface area contributed by atoms with Gasteiger partial charge in [0.15, 0.2) is 0 Å². The minimum Gasteiger partial charge on any atom is -0.463 e. The molecular formula is C18H27NO6. The van der Waals surface area contributed by atoms with Crippen LogP contribution in [0.3, 0.4) is 0 Å². The van der Waals surface area contributed by atoms with Gasteiger partial charge in [-0.05, 0) is 54.0 Å². The van der Waals surface area contributed by atoms with Gasteiger partial charge in [-0.2, -0.15) is 0 Å².